The third-order valence-corrected chi connectivity index (χ3v) is 4.77. The molecule has 4 rings (SSSR count). The quantitative estimate of drug-likeness (QED) is 0.857. The Morgan fingerprint density at radius 1 is 1.35 bits per heavy atom. The molecule has 0 aromatic carbocycles. The van der Waals surface area contributed by atoms with Gasteiger partial charge in [-0.15, -0.1) is 0 Å². The van der Waals surface area contributed by atoms with E-state index in [-0.39, 0.29) is 23.7 Å². The number of fused-ring (bicyclic) bond motifs is 2. The second-order valence-electron chi connectivity index (χ2n) is 6.26. The minimum Gasteiger partial charge on any atom is -0.492 e. The number of aliphatic hydroxyl groups excluding tert-OH is 1. The average molecular weight is 276 g/mol. The molecule has 4 nitrogen and oxygen atoms in total. The summed E-state index contributed by atoms with van der Waals surface area (Å²) in [7, 11) is 1.70. The van der Waals surface area contributed by atoms with E-state index < -0.39 is 0 Å². The van der Waals surface area contributed by atoms with Gasteiger partial charge in [0.05, 0.1) is 18.8 Å². The molecular weight excluding hydrogens is 256 g/mol. The smallest absolute Gasteiger partial charge is 0.127 e. The van der Waals surface area contributed by atoms with Gasteiger partial charge in [-0.05, 0) is 31.1 Å². The Labute approximate surface area is 118 Å². The first-order valence-electron chi connectivity index (χ1n) is 7.36. The summed E-state index contributed by atoms with van der Waals surface area (Å²) in [6, 6.07) is 0. The predicted octanol–water partition coefficient (Wildman–Crippen LogP) is 2.06. The molecule has 1 N–H and O–H groups in total. The first kappa shape index (κ1) is 12.5. The van der Waals surface area contributed by atoms with Crippen molar-refractivity contribution in [2.45, 2.75) is 44.0 Å². The van der Waals surface area contributed by atoms with Gasteiger partial charge in [-0.2, -0.15) is 0 Å². The fraction of sp³-hybridized carbons (Fsp3) is 0.625. The van der Waals surface area contributed by atoms with Gasteiger partial charge in [0.2, 0.25) is 0 Å². The summed E-state index contributed by atoms with van der Waals surface area (Å²) in [5, 5.41) is 9.42. The van der Waals surface area contributed by atoms with Gasteiger partial charge in [-0.3, -0.25) is 0 Å². The molecule has 1 unspecified atom stereocenters. The zero-order chi connectivity index (χ0) is 13.7. The second kappa shape index (κ2) is 4.37. The average Bonchev–Trinajstić information content (AvgIpc) is 3.11. The molecule has 0 bridgehead atoms. The highest BCUT2D eigenvalue weighted by Gasteiger charge is 2.55. The summed E-state index contributed by atoms with van der Waals surface area (Å²) in [6.07, 6.45) is 9.72. The van der Waals surface area contributed by atoms with Crippen molar-refractivity contribution in [1.82, 2.24) is 0 Å². The summed E-state index contributed by atoms with van der Waals surface area (Å²) in [4.78, 5) is 0. The van der Waals surface area contributed by atoms with Crippen molar-refractivity contribution in [3.8, 4) is 0 Å². The number of rotatable bonds is 3. The van der Waals surface area contributed by atoms with E-state index in [2.05, 4.69) is 0 Å². The molecule has 1 spiro atoms. The molecule has 3 aliphatic carbocycles. The van der Waals surface area contributed by atoms with Gasteiger partial charge in [0.1, 0.15) is 17.6 Å². The summed E-state index contributed by atoms with van der Waals surface area (Å²) in [5.74, 6) is 1.84. The fourth-order valence-corrected chi connectivity index (χ4v) is 3.21. The Balaban J connectivity index is 1.67. The van der Waals surface area contributed by atoms with E-state index in [1.807, 2.05) is 18.2 Å². The lowest BCUT2D eigenvalue weighted by atomic mass is 9.91. The number of hydrogen-bond donors (Lipinski definition) is 1. The van der Waals surface area contributed by atoms with E-state index in [4.69, 9.17) is 14.2 Å². The molecule has 20 heavy (non-hydrogen) atoms. The van der Waals surface area contributed by atoms with Gasteiger partial charge >= 0.3 is 0 Å². The van der Waals surface area contributed by atoms with Crippen LogP contribution in [0.4, 0.5) is 0 Å². The van der Waals surface area contributed by atoms with Crippen LogP contribution in [0, 0.1) is 5.41 Å². The van der Waals surface area contributed by atoms with E-state index in [0.717, 1.165) is 31.0 Å². The van der Waals surface area contributed by atoms with Crippen LogP contribution in [-0.2, 0) is 14.2 Å². The van der Waals surface area contributed by atoms with E-state index in [0.29, 0.717) is 0 Å². The lowest BCUT2D eigenvalue weighted by Crippen LogP contribution is -2.35. The first-order chi connectivity index (χ1) is 9.70. The van der Waals surface area contributed by atoms with Crippen molar-refractivity contribution in [3.63, 3.8) is 0 Å². The van der Waals surface area contributed by atoms with Gasteiger partial charge in [-0.1, -0.05) is 0 Å². The van der Waals surface area contributed by atoms with Crippen LogP contribution < -0.4 is 0 Å². The largest absolute Gasteiger partial charge is 0.492 e. The molecule has 0 radical (unpaired) electrons. The van der Waals surface area contributed by atoms with Crippen molar-refractivity contribution >= 4 is 0 Å². The number of hydrogen-bond acceptors (Lipinski definition) is 4. The zero-order valence-corrected chi connectivity index (χ0v) is 11.7. The van der Waals surface area contributed by atoms with Gasteiger partial charge in [0.25, 0.3) is 0 Å². The topological polar surface area (TPSA) is 47.9 Å². The minimum absolute atomic E-state index is 0.0676. The van der Waals surface area contributed by atoms with E-state index in [1.54, 1.807) is 7.11 Å². The first-order valence-corrected chi connectivity index (χ1v) is 7.36. The lowest BCUT2D eigenvalue weighted by Gasteiger charge is -2.32. The van der Waals surface area contributed by atoms with Crippen molar-refractivity contribution in [2.75, 3.05) is 13.7 Å². The van der Waals surface area contributed by atoms with Crippen LogP contribution in [0.15, 0.2) is 35.3 Å². The standard InChI is InChI=1S/C16H20O4/c1-18-11-2-3-13(20-12-6-10(17)7-12)15-14(8-11)19-9-16(15)4-5-16/h2-3,8,10-12,17H,4-7,9H2,1H3. The van der Waals surface area contributed by atoms with Crippen molar-refractivity contribution < 1.29 is 19.3 Å². The molecule has 1 atom stereocenters. The van der Waals surface area contributed by atoms with Crippen LogP contribution in [-0.4, -0.2) is 37.1 Å². The molecule has 0 amide bonds. The molecule has 0 aromatic rings. The van der Waals surface area contributed by atoms with Crippen LogP contribution in [0.2, 0.25) is 0 Å². The summed E-state index contributed by atoms with van der Waals surface area (Å²) >= 11 is 0. The van der Waals surface area contributed by atoms with Crippen LogP contribution in [0.5, 0.6) is 0 Å². The van der Waals surface area contributed by atoms with Gasteiger partial charge in [-0.25, -0.2) is 0 Å². The molecule has 1 aliphatic heterocycles. The normalized spacial score (nSPS) is 36.9. The summed E-state index contributed by atoms with van der Waals surface area (Å²) in [5.41, 5.74) is 1.39. The minimum atomic E-state index is -0.197. The molecule has 108 valence electrons. The Bertz CT molecular complexity index is 507. The maximum atomic E-state index is 9.42. The van der Waals surface area contributed by atoms with Crippen LogP contribution in [0.25, 0.3) is 0 Å². The number of allylic oxidation sites excluding steroid dienone is 2. The maximum Gasteiger partial charge on any atom is 0.127 e. The highest BCUT2D eigenvalue weighted by molar-refractivity contribution is 5.48. The van der Waals surface area contributed by atoms with Crippen LogP contribution in [0.1, 0.15) is 25.7 Å². The zero-order valence-electron chi connectivity index (χ0n) is 11.7. The van der Waals surface area contributed by atoms with Gasteiger partial charge in [0, 0.05) is 30.9 Å². The number of ether oxygens (including phenoxy) is 3. The Morgan fingerprint density at radius 3 is 2.80 bits per heavy atom. The van der Waals surface area contributed by atoms with Crippen molar-refractivity contribution in [2.24, 2.45) is 5.41 Å². The van der Waals surface area contributed by atoms with Gasteiger partial charge < -0.3 is 19.3 Å². The summed E-state index contributed by atoms with van der Waals surface area (Å²) < 4.78 is 17.4. The Morgan fingerprint density at radius 2 is 2.15 bits per heavy atom. The van der Waals surface area contributed by atoms with Crippen LogP contribution in [0.3, 0.4) is 0 Å². The highest BCUT2D eigenvalue weighted by atomic mass is 16.5. The molecular formula is C16H20O4. The molecule has 4 aliphatic rings. The molecule has 2 saturated carbocycles. The third kappa shape index (κ3) is 1.90. The fourth-order valence-electron chi connectivity index (χ4n) is 3.21. The monoisotopic (exact) mass is 276 g/mol. The van der Waals surface area contributed by atoms with E-state index in [1.165, 1.54) is 18.4 Å². The number of aliphatic hydroxyl groups is 1. The van der Waals surface area contributed by atoms with Crippen LogP contribution >= 0.6 is 0 Å². The highest BCUT2D eigenvalue weighted by Crippen LogP contribution is 2.60. The predicted molar refractivity (Wildman–Crippen MR) is 72.8 cm³/mol. The second-order valence-corrected chi connectivity index (χ2v) is 6.26. The third-order valence-electron chi connectivity index (χ3n) is 4.77. The van der Waals surface area contributed by atoms with Crippen molar-refractivity contribution in [3.05, 3.63) is 35.3 Å². The molecule has 4 heteroatoms. The van der Waals surface area contributed by atoms with Gasteiger partial charge in [0.15, 0.2) is 0 Å². The SMILES string of the molecule is COC1C=CC(OC2CC(O)C2)=C2C(=C1)OCC21CC1. The Kier molecular flexibility index (Phi) is 2.72. The van der Waals surface area contributed by atoms with Crippen molar-refractivity contribution in [1.29, 1.82) is 0 Å². The maximum absolute atomic E-state index is 9.42. The molecule has 0 aromatic heterocycles. The molecule has 1 saturated heterocycles. The summed E-state index contributed by atoms with van der Waals surface area (Å²) in [6.45, 7) is 0.762. The molecule has 1 heterocycles. The van der Waals surface area contributed by atoms with E-state index >= 15 is 0 Å². The Hall–Kier alpha value is -1.26. The van der Waals surface area contributed by atoms with E-state index in [9.17, 15) is 5.11 Å². The number of methoxy groups -OCH3 is 1. The molecule has 3 fully saturated rings. The lowest BCUT2D eigenvalue weighted by molar-refractivity contribution is -0.0411.